The number of ether oxygens (including phenoxy) is 2. The molecule has 0 spiro atoms. The summed E-state index contributed by atoms with van der Waals surface area (Å²) in [5.41, 5.74) is 0. The number of phenols is 1. The zero-order chi connectivity index (χ0) is 14.7. The van der Waals surface area contributed by atoms with E-state index >= 15 is 0 Å². The minimum atomic E-state index is -0.404. The number of aromatic hydroxyl groups is 1. The van der Waals surface area contributed by atoms with Crippen molar-refractivity contribution in [1.29, 1.82) is 0 Å². The van der Waals surface area contributed by atoms with Crippen molar-refractivity contribution in [2.75, 3.05) is 14.2 Å². The second kappa shape index (κ2) is 5.92. The van der Waals surface area contributed by atoms with Crippen LogP contribution in [0.2, 0.25) is 0 Å². The summed E-state index contributed by atoms with van der Waals surface area (Å²) in [6, 6.07) is 4.95. The Hall–Kier alpha value is -2.08. The predicted octanol–water partition coefficient (Wildman–Crippen LogP) is 2.75. The maximum atomic E-state index is 12.0. The van der Waals surface area contributed by atoms with Gasteiger partial charge in [-0.25, -0.2) is 0 Å². The lowest BCUT2D eigenvalue weighted by molar-refractivity contribution is -0.140. The van der Waals surface area contributed by atoms with Crippen LogP contribution in [0.25, 0.3) is 10.1 Å². The molecule has 0 amide bonds. The zero-order valence-corrected chi connectivity index (χ0v) is 12.0. The highest BCUT2D eigenvalue weighted by Gasteiger charge is 2.14. The van der Waals surface area contributed by atoms with E-state index in [9.17, 15) is 14.7 Å². The number of thiophene rings is 1. The normalized spacial score (nSPS) is 10.5. The van der Waals surface area contributed by atoms with Crippen LogP contribution in [0.3, 0.4) is 0 Å². The van der Waals surface area contributed by atoms with Crippen LogP contribution in [-0.4, -0.2) is 31.1 Å². The average Bonchev–Trinajstić information content (AvgIpc) is 2.85. The summed E-state index contributed by atoms with van der Waals surface area (Å²) < 4.78 is 10.4. The van der Waals surface area contributed by atoms with Crippen molar-refractivity contribution < 1.29 is 24.2 Å². The van der Waals surface area contributed by atoms with Crippen molar-refractivity contribution in [3.05, 3.63) is 23.1 Å². The first kappa shape index (κ1) is 14.3. The number of hydrogen-bond donors (Lipinski definition) is 1. The molecule has 2 aromatic rings. The summed E-state index contributed by atoms with van der Waals surface area (Å²) in [6.45, 7) is 0. The van der Waals surface area contributed by atoms with Gasteiger partial charge in [0.05, 0.1) is 25.5 Å². The molecular weight excluding hydrogens is 280 g/mol. The molecule has 1 aromatic heterocycles. The largest absolute Gasteiger partial charge is 0.504 e. The van der Waals surface area contributed by atoms with Crippen LogP contribution >= 0.6 is 11.3 Å². The Morgan fingerprint density at radius 3 is 2.60 bits per heavy atom. The molecular formula is C14H14O5S. The summed E-state index contributed by atoms with van der Waals surface area (Å²) in [5, 5.41) is 10.5. The molecule has 2 rings (SSSR count). The lowest BCUT2D eigenvalue weighted by Gasteiger charge is -2.01. The third-order valence-corrected chi connectivity index (χ3v) is 4.02. The number of methoxy groups -OCH3 is 2. The topological polar surface area (TPSA) is 72.8 Å². The molecule has 0 aliphatic rings. The number of rotatable bonds is 5. The third-order valence-electron chi connectivity index (χ3n) is 2.88. The van der Waals surface area contributed by atoms with Gasteiger partial charge in [-0.15, -0.1) is 11.3 Å². The molecule has 5 nitrogen and oxygen atoms in total. The molecule has 0 aliphatic carbocycles. The van der Waals surface area contributed by atoms with Crippen LogP contribution in [0.5, 0.6) is 11.5 Å². The Bertz CT molecular complexity index is 659. The summed E-state index contributed by atoms with van der Waals surface area (Å²) in [5.74, 6) is -0.117. The van der Waals surface area contributed by atoms with Crippen molar-refractivity contribution >= 4 is 33.2 Å². The smallest absolute Gasteiger partial charge is 0.305 e. The maximum absolute atomic E-state index is 12.0. The number of carbonyl (C=O) groups is 2. The molecule has 0 aliphatic heterocycles. The SMILES string of the molecule is COC(=O)CCC(=O)c1cc2cc(O)c(OC)cc2s1. The Balaban J connectivity index is 2.23. The van der Waals surface area contributed by atoms with E-state index in [1.165, 1.54) is 25.6 Å². The standard InChI is InChI=1S/C14H14O5S/c1-18-11-7-12-8(5-10(11)16)6-13(20-12)9(15)3-4-14(17)19-2/h5-7,16H,3-4H2,1-2H3. The monoisotopic (exact) mass is 294 g/mol. The molecule has 0 saturated carbocycles. The van der Waals surface area contributed by atoms with Gasteiger partial charge in [0.15, 0.2) is 17.3 Å². The van der Waals surface area contributed by atoms with E-state index in [0.717, 1.165) is 10.1 Å². The van der Waals surface area contributed by atoms with Gasteiger partial charge in [0.1, 0.15) is 0 Å². The van der Waals surface area contributed by atoms with Crippen LogP contribution < -0.4 is 4.74 Å². The number of benzene rings is 1. The van der Waals surface area contributed by atoms with Crippen LogP contribution in [0.1, 0.15) is 22.5 Å². The van der Waals surface area contributed by atoms with E-state index in [0.29, 0.717) is 10.6 Å². The predicted molar refractivity (Wildman–Crippen MR) is 75.6 cm³/mol. The fourth-order valence-electron chi connectivity index (χ4n) is 1.80. The Kier molecular flexibility index (Phi) is 4.24. The van der Waals surface area contributed by atoms with Gasteiger partial charge < -0.3 is 14.6 Å². The van der Waals surface area contributed by atoms with Gasteiger partial charge in [0.25, 0.3) is 0 Å². The minimum Gasteiger partial charge on any atom is -0.504 e. The zero-order valence-electron chi connectivity index (χ0n) is 11.1. The van der Waals surface area contributed by atoms with E-state index in [1.807, 2.05) is 0 Å². The van der Waals surface area contributed by atoms with Gasteiger partial charge in [0.2, 0.25) is 0 Å². The number of phenolic OH excluding ortho intramolecular Hbond substituents is 1. The molecule has 0 saturated heterocycles. The molecule has 106 valence electrons. The second-order valence-corrected chi connectivity index (χ2v) is 5.26. The fraction of sp³-hybridized carbons (Fsp3) is 0.286. The summed E-state index contributed by atoms with van der Waals surface area (Å²) in [4.78, 5) is 23.6. The summed E-state index contributed by atoms with van der Waals surface area (Å²) in [6.07, 6.45) is 0.181. The van der Waals surface area contributed by atoms with E-state index in [-0.39, 0.29) is 24.4 Å². The minimum absolute atomic E-state index is 0.0337. The van der Waals surface area contributed by atoms with E-state index in [1.54, 1.807) is 18.2 Å². The number of Topliss-reactive ketones (excluding diaryl/α,β-unsaturated/α-hetero) is 1. The van der Waals surface area contributed by atoms with Crippen molar-refractivity contribution in [2.45, 2.75) is 12.8 Å². The van der Waals surface area contributed by atoms with Crippen LogP contribution in [0.15, 0.2) is 18.2 Å². The number of ketones is 1. The Labute approximate surface area is 119 Å². The highest BCUT2D eigenvalue weighted by Crippen LogP contribution is 2.36. The lowest BCUT2D eigenvalue weighted by atomic mass is 10.1. The van der Waals surface area contributed by atoms with Gasteiger partial charge in [-0.1, -0.05) is 0 Å². The molecule has 1 N–H and O–H groups in total. The van der Waals surface area contributed by atoms with Crippen molar-refractivity contribution in [3.8, 4) is 11.5 Å². The molecule has 0 unspecified atom stereocenters. The first-order valence-corrected chi connectivity index (χ1v) is 6.77. The first-order valence-electron chi connectivity index (χ1n) is 5.95. The van der Waals surface area contributed by atoms with E-state index in [2.05, 4.69) is 4.74 Å². The summed E-state index contributed by atoms with van der Waals surface area (Å²) in [7, 11) is 2.76. The molecule has 6 heteroatoms. The van der Waals surface area contributed by atoms with Crippen LogP contribution in [-0.2, 0) is 9.53 Å². The number of esters is 1. The molecule has 0 atom stereocenters. The van der Waals surface area contributed by atoms with Gasteiger partial charge in [-0.05, 0) is 17.5 Å². The van der Waals surface area contributed by atoms with Crippen LogP contribution in [0, 0.1) is 0 Å². The van der Waals surface area contributed by atoms with Gasteiger partial charge in [-0.2, -0.15) is 0 Å². The average molecular weight is 294 g/mol. The lowest BCUT2D eigenvalue weighted by Crippen LogP contribution is -2.04. The molecule has 0 radical (unpaired) electrons. The van der Waals surface area contributed by atoms with E-state index < -0.39 is 5.97 Å². The molecule has 0 bridgehead atoms. The first-order chi connectivity index (χ1) is 9.55. The second-order valence-electron chi connectivity index (χ2n) is 4.17. The van der Waals surface area contributed by atoms with E-state index in [4.69, 9.17) is 4.74 Å². The van der Waals surface area contributed by atoms with Crippen molar-refractivity contribution in [3.63, 3.8) is 0 Å². The third kappa shape index (κ3) is 2.91. The molecule has 0 fully saturated rings. The quantitative estimate of drug-likeness (QED) is 0.678. The molecule has 1 heterocycles. The Morgan fingerprint density at radius 1 is 1.20 bits per heavy atom. The maximum Gasteiger partial charge on any atom is 0.305 e. The van der Waals surface area contributed by atoms with Gasteiger partial charge in [-0.3, -0.25) is 9.59 Å². The number of hydrogen-bond acceptors (Lipinski definition) is 6. The van der Waals surface area contributed by atoms with Gasteiger partial charge in [0, 0.05) is 17.2 Å². The number of fused-ring (bicyclic) bond motifs is 1. The summed E-state index contributed by atoms with van der Waals surface area (Å²) >= 11 is 1.31. The highest BCUT2D eigenvalue weighted by atomic mass is 32.1. The molecule has 1 aromatic carbocycles. The molecule has 20 heavy (non-hydrogen) atoms. The highest BCUT2D eigenvalue weighted by molar-refractivity contribution is 7.20. The number of carbonyl (C=O) groups excluding carboxylic acids is 2. The van der Waals surface area contributed by atoms with Crippen molar-refractivity contribution in [1.82, 2.24) is 0 Å². The van der Waals surface area contributed by atoms with Gasteiger partial charge >= 0.3 is 5.97 Å². The van der Waals surface area contributed by atoms with Crippen LogP contribution in [0.4, 0.5) is 0 Å². The Morgan fingerprint density at radius 2 is 1.95 bits per heavy atom. The fourth-order valence-corrected chi connectivity index (χ4v) is 2.84. The van der Waals surface area contributed by atoms with Crippen molar-refractivity contribution in [2.24, 2.45) is 0 Å².